The molecule has 0 aliphatic rings. The van der Waals surface area contributed by atoms with Crippen LogP contribution in [0, 0.1) is 0 Å². The van der Waals surface area contributed by atoms with Gasteiger partial charge in [0.25, 0.3) is 0 Å². The molecule has 0 N–H and O–H groups in total. The number of nitrogens with zero attached hydrogens (tertiary/aromatic N) is 1. The van der Waals surface area contributed by atoms with Crippen LogP contribution < -0.4 is 0 Å². The second-order valence-electron chi connectivity index (χ2n) is 3.66. The normalized spacial score (nSPS) is 8.94. The van der Waals surface area contributed by atoms with E-state index in [2.05, 4.69) is 13.8 Å². The summed E-state index contributed by atoms with van der Waals surface area (Å²) in [5.41, 5.74) is 0. The van der Waals surface area contributed by atoms with E-state index in [4.69, 9.17) is 0 Å². The molecule has 1 amide bonds. The molecule has 1 aromatic carbocycles. The summed E-state index contributed by atoms with van der Waals surface area (Å²) in [5.74, 6) is 0.198. The van der Waals surface area contributed by atoms with E-state index in [1.165, 1.54) is 0 Å². The molecule has 0 aromatic heterocycles. The molecule has 0 bridgehead atoms. The molecule has 0 saturated heterocycles. The van der Waals surface area contributed by atoms with Crippen molar-refractivity contribution in [3.05, 3.63) is 36.4 Å². The summed E-state index contributed by atoms with van der Waals surface area (Å²) in [5, 5.41) is 0. The molecule has 1 rings (SSSR count). The fourth-order valence-corrected chi connectivity index (χ4v) is 1.35. The molecule has 16 heavy (non-hydrogen) atoms. The van der Waals surface area contributed by atoms with E-state index in [-0.39, 0.29) is 5.91 Å². The molecule has 90 valence electrons. The van der Waals surface area contributed by atoms with Crippen LogP contribution in [-0.4, -0.2) is 23.9 Å². The summed E-state index contributed by atoms with van der Waals surface area (Å²) >= 11 is 0. The number of rotatable bonds is 4. The molecule has 0 aliphatic heterocycles. The first-order chi connectivity index (χ1) is 7.72. The van der Waals surface area contributed by atoms with Crippen molar-refractivity contribution < 1.29 is 4.79 Å². The maximum absolute atomic E-state index is 10.8. The van der Waals surface area contributed by atoms with Gasteiger partial charge in [0, 0.05) is 20.0 Å². The number of benzene rings is 1. The maximum Gasteiger partial charge on any atom is 0.219 e. The van der Waals surface area contributed by atoms with Crippen LogP contribution in [-0.2, 0) is 4.79 Å². The first-order valence-corrected chi connectivity index (χ1v) is 5.97. The van der Waals surface area contributed by atoms with Crippen LogP contribution in [0.3, 0.4) is 0 Å². The molecule has 1 aromatic rings. The molecule has 2 heteroatoms. The van der Waals surface area contributed by atoms with Crippen molar-refractivity contribution >= 4 is 5.91 Å². The van der Waals surface area contributed by atoms with Crippen LogP contribution in [0.4, 0.5) is 0 Å². The topological polar surface area (TPSA) is 20.3 Å². The molecule has 0 radical (unpaired) electrons. The second-order valence-corrected chi connectivity index (χ2v) is 3.66. The predicted molar refractivity (Wildman–Crippen MR) is 69.3 cm³/mol. The SMILES string of the molecule is CCCN(CCC)C(C)=O.c1ccccc1. The molecule has 0 saturated carbocycles. The van der Waals surface area contributed by atoms with Gasteiger partial charge in [0.15, 0.2) is 0 Å². The molecule has 0 unspecified atom stereocenters. The molecular formula is C14H23NO. The van der Waals surface area contributed by atoms with Gasteiger partial charge in [-0.15, -0.1) is 0 Å². The molecule has 0 spiro atoms. The van der Waals surface area contributed by atoms with Gasteiger partial charge in [-0.2, -0.15) is 0 Å². The minimum Gasteiger partial charge on any atom is -0.343 e. The van der Waals surface area contributed by atoms with Crippen molar-refractivity contribution in [1.82, 2.24) is 4.90 Å². The van der Waals surface area contributed by atoms with Gasteiger partial charge in [-0.25, -0.2) is 0 Å². The fourth-order valence-electron chi connectivity index (χ4n) is 1.35. The number of hydrogen-bond donors (Lipinski definition) is 0. The van der Waals surface area contributed by atoms with Crippen molar-refractivity contribution in [2.45, 2.75) is 33.6 Å². The van der Waals surface area contributed by atoms with Crippen molar-refractivity contribution in [3.63, 3.8) is 0 Å². The van der Waals surface area contributed by atoms with E-state index in [0.717, 1.165) is 25.9 Å². The van der Waals surface area contributed by atoms with E-state index in [0.29, 0.717) is 0 Å². The van der Waals surface area contributed by atoms with Crippen LogP contribution in [0.15, 0.2) is 36.4 Å². The number of hydrogen-bond acceptors (Lipinski definition) is 1. The minimum atomic E-state index is 0.198. The third-order valence-electron chi connectivity index (χ3n) is 2.10. The van der Waals surface area contributed by atoms with E-state index < -0.39 is 0 Å². The highest BCUT2D eigenvalue weighted by Gasteiger charge is 2.03. The van der Waals surface area contributed by atoms with Gasteiger partial charge in [0.2, 0.25) is 5.91 Å². The van der Waals surface area contributed by atoms with E-state index in [1.54, 1.807) is 6.92 Å². The highest BCUT2D eigenvalue weighted by atomic mass is 16.2. The van der Waals surface area contributed by atoms with Gasteiger partial charge >= 0.3 is 0 Å². The Kier molecular flexibility index (Phi) is 9.38. The number of carbonyl (C=O) groups is 1. The Morgan fingerprint density at radius 2 is 1.19 bits per heavy atom. The van der Waals surface area contributed by atoms with E-state index in [1.807, 2.05) is 41.3 Å². The Labute approximate surface area is 99.3 Å². The van der Waals surface area contributed by atoms with Crippen LogP contribution in [0.5, 0.6) is 0 Å². The van der Waals surface area contributed by atoms with Crippen molar-refractivity contribution in [2.24, 2.45) is 0 Å². The van der Waals surface area contributed by atoms with Crippen LogP contribution in [0.1, 0.15) is 33.6 Å². The van der Waals surface area contributed by atoms with Crippen molar-refractivity contribution in [3.8, 4) is 0 Å². The molecule has 0 atom stereocenters. The lowest BCUT2D eigenvalue weighted by molar-refractivity contribution is -0.128. The summed E-state index contributed by atoms with van der Waals surface area (Å²) in [4.78, 5) is 12.7. The Balaban J connectivity index is 0.000000315. The monoisotopic (exact) mass is 221 g/mol. The van der Waals surface area contributed by atoms with Gasteiger partial charge in [0.05, 0.1) is 0 Å². The average Bonchev–Trinajstić information content (AvgIpc) is 2.32. The molecule has 0 aliphatic carbocycles. The standard InChI is InChI=1S/C8H17NO.C6H6/c1-4-6-9(7-5-2)8(3)10;1-2-4-6-5-3-1/h4-7H2,1-3H3;1-6H. The Bertz CT molecular complexity index is 226. The highest BCUT2D eigenvalue weighted by molar-refractivity contribution is 5.73. The quantitative estimate of drug-likeness (QED) is 0.763. The van der Waals surface area contributed by atoms with E-state index >= 15 is 0 Å². The lowest BCUT2D eigenvalue weighted by Crippen LogP contribution is -2.29. The predicted octanol–water partition coefficient (Wildman–Crippen LogP) is 3.34. The summed E-state index contributed by atoms with van der Waals surface area (Å²) in [6, 6.07) is 12.0. The number of carbonyl (C=O) groups excluding carboxylic acids is 1. The van der Waals surface area contributed by atoms with Crippen molar-refractivity contribution in [1.29, 1.82) is 0 Å². The fraction of sp³-hybridized carbons (Fsp3) is 0.500. The smallest absolute Gasteiger partial charge is 0.219 e. The zero-order valence-corrected chi connectivity index (χ0v) is 10.6. The summed E-state index contributed by atoms with van der Waals surface area (Å²) < 4.78 is 0. The summed E-state index contributed by atoms with van der Waals surface area (Å²) in [6.45, 7) is 7.62. The van der Waals surface area contributed by atoms with Gasteiger partial charge < -0.3 is 4.90 Å². The van der Waals surface area contributed by atoms with Crippen LogP contribution >= 0.6 is 0 Å². The van der Waals surface area contributed by atoms with Crippen molar-refractivity contribution in [2.75, 3.05) is 13.1 Å². The zero-order valence-electron chi connectivity index (χ0n) is 10.6. The van der Waals surface area contributed by atoms with Gasteiger partial charge in [-0.1, -0.05) is 50.2 Å². The second kappa shape index (κ2) is 10.2. The zero-order chi connectivity index (χ0) is 12.2. The van der Waals surface area contributed by atoms with Crippen LogP contribution in [0.25, 0.3) is 0 Å². The largest absolute Gasteiger partial charge is 0.343 e. The minimum absolute atomic E-state index is 0.198. The van der Waals surface area contributed by atoms with Gasteiger partial charge in [-0.05, 0) is 12.8 Å². The van der Waals surface area contributed by atoms with E-state index in [9.17, 15) is 4.79 Å². The average molecular weight is 221 g/mol. The summed E-state index contributed by atoms with van der Waals surface area (Å²) in [7, 11) is 0. The van der Waals surface area contributed by atoms with Crippen LogP contribution in [0.2, 0.25) is 0 Å². The molecule has 2 nitrogen and oxygen atoms in total. The lowest BCUT2D eigenvalue weighted by Gasteiger charge is -2.18. The Morgan fingerprint density at radius 3 is 1.38 bits per heavy atom. The first-order valence-electron chi connectivity index (χ1n) is 5.97. The number of amides is 1. The molecule has 0 heterocycles. The summed E-state index contributed by atoms with van der Waals surface area (Å²) in [6.07, 6.45) is 2.11. The third kappa shape index (κ3) is 8.04. The maximum atomic E-state index is 10.8. The molecular weight excluding hydrogens is 198 g/mol. The van der Waals surface area contributed by atoms with Gasteiger partial charge in [-0.3, -0.25) is 4.79 Å². The third-order valence-corrected chi connectivity index (χ3v) is 2.10. The molecule has 0 fully saturated rings. The lowest BCUT2D eigenvalue weighted by atomic mass is 10.3. The highest BCUT2D eigenvalue weighted by Crippen LogP contribution is 1.93. The Morgan fingerprint density at radius 1 is 0.875 bits per heavy atom. The first kappa shape index (κ1) is 14.7. The Hall–Kier alpha value is -1.31. The van der Waals surface area contributed by atoms with Gasteiger partial charge in [0.1, 0.15) is 0 Å².